The fourth-order valence-electron chi connectivity index (χ4n) is 3.15. The van der Waals surface area contributed by atoms with Crippen LogP contribution in [0.25, 0.3) is 22.0 Å². The molecule has 0 aliphatic heterocycles. The number of hydrogen-bond donors (Lipinski definition) is 1. The van der Waals surface area contributed by atoms with Crippen molar-refractivity contribution < 1.29 is 14.2 Å². The molecular weight excluding hydrogens is 366 g/mol. The first kappa shape index (κ1) is 18.6. The molecule has 0 saturated heterocycles. The van der Waals surface area contributed by atoms with E-state index in [-0.39, 0.29) is 5.95 Å². The van der Waals surface area contributed by atoms with Crippen molar-refractivity contribution in [2.75, 3.05) is 20.0 Å². The molecule has 0 aliphatic carbocycles. The molecule has 0 radical (unpaired) electrons. The van der Waals surface area contributed by atoms with E-state index in [0.29, 0.717) is 24.0 Å². The van der Waals surface area contributed by atoms with Gasteiger partial charge >= 0.3 is 0 Å². The lowest BCUT2D eigenvalue weighted by Crippen LogP contribution is -2.02. The Kier molecular flexibility index (Phi) is 5.16. The third kappa shape index (κ3) is 3.91. The molecule has 0 atom stereocenters. The monoisotopic (exact) mass is 387 g/mol. The van der Waals surface area contributed by atoms with E-state index in [0.717, 1.165) is 27.6 Å². The Morgan fingerprint density at radius 1 is 0.793 bits per heavy atom. The molecule has 0 aliphatic rings. The second-order valence-corrected chi connectivity index (χ2v) is 6.46. The fourth-order valence-corrected chi connectivity index (χ4v) is 3.15. The van der Waals surface area contributed by atoms with Crippen LogP contribution in [-0.2, 0) is 6.61 Å². The van der Waals surface area contributed by atoms with Gasteiger partial charge < -0.3 is 19.9 Å². The molecular formula is C23H21N3O3. The zero-order valence-electron chi connectivity index (χ0n) is 16.3. The van der Waals surface area contributed by atoms with Crippen LogP contribution in [0.1, 0.15) is 5.56 Å². The second kappa shape index (κ2) is 8.06. The average Bonchev–Trinajstić information content (AvgIpc) is 2.77. The lowest BCUT2D eigenvalue weighted by Gasteiger charge is -2.12. The van der Waals surface area contributed by atoms with Crippen molar-refractivity contribution in [2.45, 2.75) is 6.61 Å². The number of hydrogen-bond acceptors (Lipinski definition) is 6. The van der Waals surface area contributed by atoms with Crippen LogP contribution in [-0.4, -0.2) is 24.2 Å². The maximum Gasteiger partial charge on any atom is 0.226 e. The number of fused-ring (bicyclic) bond motifs is 1. The normalized spacial score (nSPS) is 10.7. The highest BCUT2D eigenvalue weighted by atomic mass is 16.5. The molecule has 0 unspecified atom stereocenters. The minimum absolute atomic E-state index is 0.180. The van der Waals surface area contributed by atoms with Gasteiger partial charge in [0.2, 0.25) is 11.8 Å². The molecule has 29 heavy (non-hydrogen) atoms. The smallest absolute Gasteiger partial charge is 0.226 e. The van der Waals surface area contributed by atoms with Gasteiger partial charge in [-0.2, -0.15) is 4.98 Å². The van der Waals surface area contributed by atoms with Crippen LogP contribution in [0.15, 0.2) is 66.7 Å². The summed E-state index contributed by atoms with van der Waals surface area (Å²) in [5, 5.41) is 0.794. The van der Waals surface area contributed by atoms with Gasteiger partial charge in [0.25, 0.3) is 0 Å². The Balaban J connectivity index is 1.73. The van der Waals surface area contributed by atoms with Crippen LogP contribution in [0.5, 0.6) is 17.4 Å². The van der Waals surface area contributed by atoms with Crippen molar-refractivity contribution in [3.63, 3.8) is 0 Å². The Hall–Kier alpha value is -3.80. The predicted octanol–water partition coefficient (Wildman–Crippen LogP) is 4.48. The van der Waals surface area contributed by atoms with E-state index < -0.39 is 0 Å². The molecule has 146 valence electrons. The molecule has 0 fully saturated rings. The SMILES string of the molecule is COc1ccc(-c2ccc3nc(N)nc(OCc4ccccc4)c3c2)cc1OC. The fraction of sp³-hybridized carbons (Fsp3) is 0.130. The molecule has 6 nitrogen and oxygen atoms in total. The summed E-state index contributed by atoms with van der Waals surface area (Å²) in [5.41, 5.74) is 9.62. The van der Waals surface area contributed by atoms with Crippen molar-refractivity contribution in [3.05, 3.63) is 72.3 Å². The van der Waals surface area contributed by atoms with Crippen LogP contribution in [0, 0.1) is 0 Å². The summed E-state index contributed by atoms with van der Waals surface area (Å²) >= 11 is 0. The number of nitrogens with two attached hydrogens (primary N) is 1. The third-order valence-corrected chi connectivity index (χ3v) is 4.61. The van der Waals surface area contributed by atoms with E-state index in [9.17, 15) is 0 Å². The molecule has 4 rings (SSSR count). The number of anilines is 1. The first-order valence-corrected chi connectivity index (χ1v) is 9.14. The summed E-state index contributed by atoms with van der Waals surface area (Å²) in [6.07, 6.45) is 0. The standard InChI is InChI=1S/C23H21N3O3/c1-27-20-11-9-17(13-21(20)28-2)16-8-10-19-18(12-16)22(26-23(24)25-19)29-14-15-6-4-3-5-7-15/h3-13H,14H2,1-2H3,(H2,24,25,26). The van der Waals surface area contributed by atoms with Crippen LogP contribution in [0.4, 0.5) is 5.95 Å². The van der Waals surface area contributed by atoms with Crippen molar-refractivity contribution in [1.82, 2.24) is 9.97 Å². The van der Waals surface area contributed by atoms with Gasteiger partial charge in [0.05, 0.1) is 25.1 Å². The molecule has 0 amide bonds. The van der Waals surface area contributed by atoms with Gasteiger partial charge in [-0.05, 0) is 41.0 Å². The largest absolute Gasteiger partial charge is 0.493 e. The summed E-state index contributed by atoms with van der Waals surface area (Å²) < 4.78 is 16.7. The quantitative estimate of drug-likeness (QED) is 0.526. The maximum absolute atomic E-state index is 5.98. The van der Waals surface area contributed by atoms with Crippen LogP contribution >= 0.6 is 0 Å². The van der Waals surface area contributed by atoms with Gasteiger partial charge in [0, 0.05) is 0 Å². The third-order valence-electron chi connectivity index (χ3n) is 4.61. The van der Waals surface area contributed by atoms with E-state index in [1.54, 1.807) is 14.2 Å². The van der Waals surface area contributed by atoms with Gasteiger partial charge in [-0.3, -0.25) is 0 Å². The van der Waals surface area contributed by atoms with Crippen LogP contribution in [0.3, 0.4) is 0 Å². The van der Waals surface area contributed by atoms with Gasteiger partial charge in [0.15, 0.2) is 11.5 Å². The molecule has 6 heteroatoms. The molecule has 0 spiro atoms. The highest BCUT2D eigenvalue weighted by Crippen LogP contribution is 2.34. The molecule has 4 aromatic rings. The lowest BCUT2D eigenvalue weighted by molar-refractivity contribution is 0.298. The Morgan fingerprint density at radius 3 is 2.28 bits per heavy atom. The number of nitrogen functional groups attached to an aromatic ring is 1. The highest BCUT2D eigenvalue weighted by Gasteiger charge is 2.12. The number of nitrogens with zero attached hydrogens (tertiary/aromatic N) is 2. The summed E-state index contributed by atoms with van der Waals surface area (Å²) in [7, 11) is 3.24. The first-order valence-electron chi connectivity index (χ1n) is 9.14. The first-order chi connectivity index (χ1) is 14.2. The molecule has 0 saturated carbocycles. The zero-order valence-corrected chi connectivity index (χ0v) is 16.3. The molecule has 2 N–H and O–H groups in total. The van der Waals surface area contributed by atoms with E-state index in [4.69, 9.17) is 19.9 Å². The van der Waals surface area contributed by atoms with Crippen molar-refractivity contribution in [2.24, 2.45) is 0 Å². The van der Waals surface area contributed by atoms with Crippen molar-refractivity contribution in [1.29, 1.82) is 0 Å². The van der Waals surface area contributed by atoms with Gasteiger partial charge in [-0.1, -0.05) is 42.5 Å². The summed E-state index contributed by atoms with van der Waals surface area (Å²) in [6, 6.07) is 21.6. The molecule has 1 heterocycles. The average molecular weight is 387 g/mol. The van der Waals surface area contributed by atoms with E-state index >= 15 is 0 Å². The van der Waals surface area contributed by atoms with Crippen molar-refractivity contribution >= 4 is 16.9 Å². The maximum atomic E-state index is 5.98. The van der Waals surface area contributed by atoms with Gasteiger partial charge in [0.1, 0.15) is 6.61 Å². The topological polar surface area (TPSA) is 79.5 Å². The molecule has 0 bridgehead atoms. The number of benzene rings is 3. The van der Waals surface area contributed by atoms with Crippen LogP contribution in [0.2, 0.25) is 0 Å². The van der Waals surface area contributed by atoms with Gasteiger partial charge in [-0.25, -0.2) is 4.98 Å². The zero-order chi connectivity index (χ0) is 20.2. The number of methoxy groups -OCH3 is 2. The van der Waals surface area contributed by atoms with Crippen LogP contribution < -0.4 is 19.9 Å². The highest BCUT2D eigenvalue weighted by molar-refractivity contribution is 5.89. The summed E-state index contributed by atoms with van der Waals surface area (Å²) in [5.74, 6) is 1.98. The lowest BCUT2D eigenvalue weighted by atomic mass is 10.0. The predicted molar refractivity (Wildman–Crippen MR) is 113 cm³/mol. The number of ether oxygens (including phenoxy) is 3. The van der Waals surface area contributed by atoms with E-state index in [1.807, 2.05) is 66.7 Å². The second-order valence-electron chi connectivity index (χ2n) is 6.46. The van der Waals surface area contributed by atoms with Gasteiger partial charge in [-0.15, -0.1) is 0 Å². The Morgan fingerprint density at radius 2 is 1.52 bits per heavy atom. The minimum atomic E-state index is 0.180. The Bertz CT molecular complexity index is 1150. The summed E-state index contributed by atoms with van der Waals surface area (Å²) in [4.78, 5) is 8.64. The van der Waals surface area contributed by atoms with Crippen molar-refractivity contribution in [3.8, 4) is 28.5 Å². The minimum Gasteiger partial charge on any atom is -0.493 e. The number of aromatic nitrogens is 2. The van der Waals surface area contributed by atoms with E-state index in [2.05, 4.69) is 9.97 Å². The van der Waals surface area contributed by atoms with E-state index in [1.165, 1.54) is 0 Å². The Labute approximate surface area is 168 Å². The molecule has 3 aromatic carbocycles. The number of rotatable bonds is 6. The summed E-state index contributed by atoms with van der Waals surface area (Å²) in [6.45, 7) is 0.396. The molecule has 1 aromatic heterocycles.